The van der Waals surface area contributed by atoms with Gasteiger partial charge in [0.25, 0.3) is 0 Å². The third-order valence-corrected chi connectivity index (χ3v) is 6.81. The van der Waals surface area contributed by atoms with E-state index in [1.165, 1.54) is 5.56 Å². The first-order valence-corrected chi connectivity index (χ1v) is 11.1. The molecule has 1 aromatic carbocycles. The maximum absolute atomic E-state index is 11.6. The summed E-state index contributed by atoms with van der Waals surface area (Å²) in [6.07, 6.45) is 4.09. The van der Waals surface area contributed by atoms with Gasteiger partial charge in [0.05, 0.1) is 12.3 Å². The van der Waals surface area contributed by atoms with Gasteiger partial charge in [-0.3, -0.25) is 4.90 Å². The third-order valence-electron chi connectivity index (χ3n) is 6.56. The highest BCUT2D eigenvalue weighted by atomic mass is 35.5. The van der Waals surface area contributed by atoms with Crippen LogP contribution in [-0.2, 0) is 16.0 Å². The molecular formula is C23H30Cl2N2O4. The number of aromatic nitrogens is 1. The lowest BCUT2D eigenvalue weighted by molar-refractivity contribution is -0.162. The van der Waals surface area contributed by atoms with Gasteiger partial charge < -0.3 is 14.3 Å². The number of carbonyl (C=O) groups is 1. The van der Waals surface area contributed by atoms with E-state index < -0.39 is 12.1 Å². The van der Waals surface area contributed by atoms with E-state index in [0.29, 0.717) is 25.1 Å². The van der Waals surface area contributed by atoms with Gasteiger partial charge in [-0.05, 0) is 63.6 Å². The van der Waals surface area contributed by atoms with Crippen LogP contribution in [-0.4, -0.2) is 52.3 Å². The molecule has 4 rings (SSSR count). The molecule has 1 saturated heterocycles. The van der Waals surface area contributed by atoms with E-state index in [9.17, 15) is 9.90 Å². The number of aryl methyl sites for hydroxylation is 2. The molecular weight excluding hydrogens is 439 g/mol. The van der Waals surface area contributed by atoms with E-state index in [-0.39, 0.29) is 18.4 Å². The zero-order chi connectivity index (χ0) is 21.3. The number of nitrogens with zero attached hydrogens (tertiary/aromatic N) is 2. The molecule has 2 atom stereocenters. The van der Waals surface area contributed by atoms with E-state index in [1.807, 2.05) is 38.1 Å². The SMILES string of the molecule is Cc1nc(C2CCC(N3C[C@H](C(=O)O)OC[C@@H]3Cc3ccc(Cl)cc3)CC2)oc1C.Cl. The number of aliphatic carboxylic acids is 1. The van der Waals surface area contributed by atoms with Gasteiger partial charge in [-0.15, -0.1) is 12.4 Å². The second-order valence-corrected chi connectivity index (χ2v) is 8.98. The van der Waals surface area contributed by atoms with Crippen molar-refractivity contribution < 1.29 is 19.1 Å². The van der Waals surface area contributed by atoms with Crippen LogP contribution in [0.4, 0.5) is 0 Å². The second kappa shape index (κ2) is 10.3. The summed E-state index contributed by atoms with van der Waals surface area (Å²) in [5.41, 5.74) is 2.15. The number of carboxylic acid groups (broad SMARTS) is 1. The highest BCUT2D eigenvalue weighted by molar-refractivity contribution is 6.30. The molecule has 1 aliphatic heterocycles. The van der Waals surface area contributed by atoms with Crippen molar-refractivity contribution in [1.82, 2.24) is 9.88 Å². The van der Waals surface area contributed by atoms with Crippen LogP contribution >= 0.6 is 24.0 Å². The summed E-state index contributed by atoms with van der Waals surface area (Å²) >= 11 is 6.02. The Labute approximate surface area is 194 Å². The van der Waals surface area contributed by atoms with Crippen molar-refractivity contribution >= 4 is 30.0 Å². The molecule has 0 unspecified atom stereocenters. The van der Waals surface area contributed by atoms with E-state index in [0.717, 1.165) is 54.5 Å². The quantitative estimate of drug-likeness (QED) is 0.679. The lowest BCUT2D eigenvalue weighted by Crippen LogP contribution is -2.57. The fraction of sp³-hybridized carbons (Fsp3) is 0.565. The number of carboxylic acids is 1. The van der Waals surface area contributed by atoms with Gasteiger partial charge in [-0.2, -0.15) is 0 Å². The first-order chi connectivity index (χ1) is 14.4. The Morgan fingerprint density at radius 3 is 2.45 bits per heavy atom. The highest BCUT2D eigenvalue weighted by Gasteiger charge is 2.38. The van der Waals surface area contributed by atoms with Gasteiger partial charge in [0.1, 0.15) is 5.76 Å². The highest BCUT2D eigenvalue weighted by Crippen LogP contribution is 2.36. The predicted octanol–water partition coefficient (Wildman–Crippen LogP) is 4.79. The summed E-state index contributed by atoms with van der Waals surface area (Å²) in [6, 6.07) is 8.38. The summed E-state index contributed by atoms with van der Waals surface area (Å²) in [5, 5.41) is 10.2. The average Bonchev–Trinajstić information content (AvgIpc) is 3.08. The number of morpholine rings is 1. The zero-order valence-corrected chi connectivity index (χ0v) is 19.5. The van der Waals surface area contributed by atoms with Crippen molar-refractivity contribution in [1.29, 1.82) is 0 Å². The lowest BCUT2D eigenvalue weighted by atomic mass is 9.84. The van der Waals surface area contributed by atoms with Crippen LogP contribution in [0.5, 0.6) is 0 Å². The van der Waals surface area contributed by atoms with Crippen molar-refractivity contribution in [3.63, 3.8) is 0 Å². The lowest BCUT2D eigenvalue weighted by Gasteiger charge is -2.45. The van der Waals surface area contributed by atoms with Crippen molar-refractivity contribution in [3.05, 3.63) is 52.2 Å². The van der Waals surface area contributed by atoms with Crippen molar-refractivity contribution in [2.45, 2.75) is 70.1 Å². The van der Waals surface area contributed by atoms with E-state index in [1.54, 1.807) is 0 Å². The summed E-state index contributed by atoms with van der Waals surface area (Å²) in [7, 11) is 0. The molecule has 6 nitrogen and oxygen atoms in total. The molecule has 31 heavy (non-hydrogen) atoms. The van der Waals surface area contributed by atoms with Crippen LogP contribution < -0.4 is 0 Å². The minimum absolute atomic E-state index is 0. The molecule has 170 valence electrons. The Bertz CT molecular complexity index is 859. The zero-order valence-electron chi connectivity index (χ0n) is 17.9. The van der Waals surface area contributed by atoms with E-state index in [4.69, 9.17) is 20.8 Å². The fourth-order valence-electron chi connectivity index (χ4n) is 4.71. The molecule has 0 amide bonds. The maximum Gasteiger partial charge on any atom is 0.334 e. The monoisotopic (exact) mass is 468 g/mol. The topological polar surface area (TPSA) is 75.8 Å². The normalized spacial score (nSPS) is 26.9. The Kier molecular flexibility index (Phi) is 8.03. The Morgan fingerprint density at radius 2 is 1.87 bits per heavy atom. The van der Waals surface area contributed by atoms with Gasteiger partial charge in [-0.25, -0.2) is 9.78 Å². The van der Waals surface area contributed by atoms with Crippen LogP contribution in [0.25, 0.3) is 0 Å². The van der Waals surface area contributed by atoms with Crippen LogP contribution in [0, 0.1) is 13.8 Å². The molecule has 2 heterocycles. The van der Waals surface area contributed by atoms with Gasteiger partial charge >= 0.3 is 5.97 Å². The molecule has 0 spiro atoms. The number of benzene rings is 1. The summed E-state index contributed by atoms with van der Waals surface area (Å²) < 4.78 is 11.5. The molecule has 0 bridgehead atoms. The van der Waals surface area contributed by atoms with Crippen molar-refractivity contribution in [3.8, 4) is 0 Å². The Balaban J connectivity index is 0.00000272. The number of hydrogen-bond acceptors (Lipinski definition) is 5. The van der Waals surface area contributed by atoms with Gasteiger partial charge in [-0.1, -0.05) is 23.7 Å². The Morgan fingerprint density at radius 1 is 1.19 bits per heavy atom. The predicted molar refractivity (Wildman–Crippen MR) is 121 cm³/mol. The van der Waals surface area contributed by atoms with Gasteiger partial charge in [0.15, 0.2) is 12.0 Å². The smallest absolute Gasteiger partial charge is 0.334 e. The molecule has 2 aromatic rings. The largest absolute Gasteiger partial charge is 0.479 e. The number of oxazole rings is 1. The fourth-order valence-corrected chi connectivity index (χ4v) is 4.83. The molecule has 1 saturated carbocycles. The molecule has 2 aliphatic rings. The van der Waals surface area contributed by atoms with Gasteiger partial charge in [0.2, 0.25) is 0 Å². The number of ether oxygens (including phenoxy) is 1. The summed E-state index contributed by atoms with van der Waals surface area (Å²) in [6.45, 7) is 4.80. The molecule has 2 fully saturated rings. The molecule has 0 radical (unpaired) electrons. The molecule has 8 heteroatoms. The summed E-state index contributed by atoms with van der Waals surface area (Å²) in [4.78, 5) is 18.5. The number of rotatable bonds is 5. The first kappa shape index (κ1) is 24.1. The van der Waals surface area contributed by atoms with Gasteiger partial charge in [0, 0.05) is 29.6 Å². The second-order valence-electron chi connectivity index (χ2n) is 8.54. The first-order valence-electron chi connectivity index (χ1n) is 10.7. The Hall–Kier alpha value is -1.60. The number of hydrogen-bond donors (Lipinski definition) is 1. The molecule has 1 N–H and O–H groups in total. The average molecular weight is 469 g/mol. The minimum atomic E-state index is -0.885. The van der Waals surface area contributed by atoms with Crippen LogP contribution in [0.3, 0.4) is 0 Å². The van der Waals surface area contributed by atoms with Crippen LogP contribution in [0.2, 0.25) is 5.02 Å². The van der Waals surface area contributed by atoms with Crippen molar-refractivity contribution in [2.24, 2.45) is 0 Å². The molecule has 1 aliphatic carbocycles. The third kappa shape index (κ3) is 5.61. The number of halogens is 2. The van der Waals surface area contributed by atoms with Crippen LogP contribution in [0.1, 0.15) is 54.5 Å². The maximum atomic E-state index is 11.6. The van der Waals surface area contributed by atoms with Crippen LogP contribution in [0.15, 0.2) is 28.7 Å². The van der Waals surface area contributed by atoms with Crippen molar-refractivity contribution in [2.75, 3.05) is 13.2 Å². The van der Waals surface area contributed by atoms with E-state index in [2.05, 4.69) is 9.88 Å². The summed E-state index contributed by atoms with van der Waals surface area (Å²) in [5.74, 6) is 1.21. The van der Waals surface area contributed by atoms with E-state index >= 15 is 0 Å². The standard InChI is InChI=1S/C23H29ClN2O4.ClH/c1-14-15(2)30-22(25-14)17-5-9-19(10-6-17)26-12-21(23(27)28)29-13-20(26)11-16-3-7-18(24)8-4-16;/h3-4,7-8,17,19-21H,5-6,9-13H2,1-2H3,(H,27,28);1H/t17?,19?,20-,21+;/m0./s1. The minimum Gasteiger partial charge on any atom is -0.479 e. The molecule has 1 aromatic heterocycles.